The van der Waals surface area contributed by atoms with Crippen molar-refractivity contribution in [3.63, 3.8) is 0 Å². The van der Waals surface area contributed by atoms with Gasteiger partial charge in [-0.25, -0.2) is 9.98 Å². The van der Waals surface area contributed by atoms with Gasteiger partial charge in [-0.3, -0.25) is 0 Å². The zero-order chi connectivity index (χ0) is 14.8. The van der Waals surface area contributed by atoms with Crippen LogP contribution in [0.25, 0.3) is 10.2 Å². The van der Waals surface area contributed by atoms with Crippen LogP contribution >= 0.6 is 11.3 Å². The van der Waals surface area contributed by atoms with E-state index in [2.05, 4.69) is 64.3 Å². The molecule has 0 unspecified atom stereocenters. The maximum Gasteiger partial charge on any atom is 0.210 e. The van der Waals surface area contributed by atoms with Crippen molar-refractivity contribution in [1.29, 1.82) is 0 Å². The molecule has 3 rings (SSSR count). The summed E-state index contributed by atoms with van der Waals surface area (Å²) in [6.07, 6.45) is 1.87. The van der Waals surface area contributed by atoms with Gasteiger partial charge >= 0.3 is 0 Å². The highest BCUT2D eigenvalue weighted by Gasteiger charge is 2.02. The molecule has 0 aliphatic rings. The molecule has 1 heterocycles. The average Bonchev–Trinajstić information content (AvgIpc) is 2.87. The van der Waals surface area contributed by atoms with Crippen molar-refractivity contribution >= 4 is 38.6 Å². The molecule has 0 aliphatic carbocycles. The lowest BCUT2D eigenvalue weighted by Gasteiger charge is -2.11. The van der Waals surface area contributed by atoms with E-state index < -0.39 is 0 Å². The van der Waals surface area contributed by atoms with Gasteiger partial charge in [0.15, 0.2) is 0 Å². The van der Waals surface area contributed by atoms with Gasteiger partial charge in [-0.2, -0.15) is 0 Å². The van der Waals surface area contributed by atoms with E-state index in [4.69, 9.17) is 0 Å². The third kappa shape index (κ3) is 3.11. The number of aliphatic imine (C=N–C) groups is 1. The van der Waals surface area contributed by atoms with Crippen LogP contribution in [0.4, 0.5) is 10.8 Å². The Kier molecular flexibility index (Phi) is 3.71. The molecule has 0 saturated heterocycles. The molecule has 0 fully saturated rings. The van der Waals surface area contributed by atoms with Crippen molar-refractivity contribution in [1.82, 2.24) is 4.98 Å². The van der Waals surface area contributed by atoms with Crippen molar-refractivity contribution in [2.75, 3.05) is 19.0 Å². The molecule has 3 nitrogen and oxygen atoms in total. The van der Waals surface area contributed by atoms with E-state index in [1.807, 2.05) is 20.3 Å². The van der Waals surface area contributed by atoms with Crippen molar-refractivity contribution in [3.05, 3.63) is 53.6 Å². The Bertz CT molecular complexity index is 785. The van der Waals surface area contributed by atoms with Crippen molar-refractivity contribution in [3.8, 4) is 0 Å². The smallest absolute Gasteiger partial charge is 0.210 e. The first-order chi connectivity index (χ1) is 10.1. The summed E-state index contributed by atoms with van der Waals surface area (Å²) in [6, 6.07) is 14.6. The molecule has 0 spiro atoms. The lowest BCUT2D eigenvalue weighted by atomic mass is 10.2. The zero-order valence-corrected chi connectivity index (χ0v) is 13.2. The summed E-state index contributed by atoms with van der Waals surface area (Å²) in [5.74, 6) is 0. The molecule has 2 aromatic carbocycles. The number of hydrogen-bond acceptors (Lipinski definition) is 4. The fraction of sp³-hybridized carbons (Fsp3) is 0.176. The van der Waals surface area contributed by atoms with E-state index in [0.717, 1.165) is 16.2 Å². The summed E-state index contributed by atoms with van der Waals surface area (Å²) in [5.41, 5.74) is 4.51. The Morgan fingerprint density at radius 3 is 2.57 bits per heavy atom. The van der Waals surface area contributed by atoms with Crippen LogP contribution in [-0.4, -0.2) is 25.3 Å². The number of aryl methyl sites for hydroxylation is 1. The van der Waals surface area contributed by atoms with Crippen molar-refractivity contribution in [2.24, 2.45) is 4.99 Å². The van der Waals surface area contributed by atoms with Crippen LogP contribution in [0, 0.1) is 6.92 Å². The van der Waals surface area contributed by atoms with Crippen LogP contribution in [0.15, 0.2) is 47.5 Å². The summed E-state index contributed by atoms with van der Waals surface area (Å²) in [6.45, 7) is 2.08. The summed E-state index contributed by atoms with van der Waals surface area (Å²) in [4.78, 5) is 11.1. The Hall–Kier alpha value is -2.20. The van der Waals surface area contributed by atoms with Crippen LogP contribution < -0.4 is 4.90 Å². The average molecular weight is 295 g/mol. The minimum atomic E-state index is 0.798. The summed E-state index contributed by atoms with van der Waals surface area (Å²) in [5, 5.41) is 0.798. The third-order valence-corrected chi connectivity index (χ3v) is 4.21. The molecule has 4 heteroatoms. The predicted molar refractivity (Wildman–Crippen MR) is 92.4 cm³/mol. The van der Waals surface area contributed by atoms with Gasteiger partial charge in [0, 0.05) is 26.0 Å². The van der Waals surface area contributed by atoms with Crippen LogP contribution in [-0.2, 0) is 0 Å². The molecule has 21 heavy (non-hydrogen) atoms. The molecule has 0 atom stereocenters. The first-order valence-corrected chi connectivity index (χ1v) is 7.62. The Morgan fingerprint density at radius 2 is 1.86 bits per heavy atom. The molecule has 0 radical (unpaired) electrons. The van der Waals surface area contributed by atoms with E-state index in [0.29, 0.717) is 0 Å². The first kappa shape index (κ1) is 13.8. The quantitative estimate of drug-likeness (QED) is 0.669. The van der Waals surface area contributed by atoms with Crippen molar-refractivity contribution in [2.45, 2.75) is 6.92 Å². The molecule has 0 saturated carbocycles. The zero-order valence-electron chi connectivity index (χ0n) is 12.4. The van der Waals surface area contributed by atoms with Gasteiger partial charge in [0.1, 0.15) is 0 Å². The van der Waals surface area contributed by atoms with Gasteiger partial charge in [-0.1, -0.05) is 29.5 Å². The number of nitrogens with zero attached hydrogens (tertiary/aromatic N) is 3. The molecule has 0 aliphatic heterocycles. The fourth-order valence-electron chi connectivity index (χ4n) is 2.07. The highest BCUT2D eigenvalue weighted by Crippen LogP contribution is 2.28. The lowest BCUT2D eigenvalue weighted by Crippen LogP contribution is -2.08. The van der Waals surface area contributed by atoms with Gasteiger partial charge in [0.25, 0.3) is 0 Å². The van der Waals surface area contributed by atoms with E-state index in [-0.39, 0.29) is 0 Å². The molecule has 0 amide bonds. The summed E-state index contributed by atoms with van der Waals surface area (Å²) < 4.78 is 1.18. The number of thiazole rings is 1. The number of anilines is 1. The maximum atomic E-state index is 4.55. The highest BCUT2D eigenvalue weighted by atomic mass is 32.1. The molecule has 106 valence electrons. The van der Waals surface area contributed by atoms with Gasteiger partial charge in [-0.05, 0) is 42.3 Å². The van der Waals surface area contributed by atoms with E-state index >= 15 is 0 Å². The monoisotopic (exact) mass is 295 g/mol. The van der Waals surface area contributed by atoms with Gasteiger partial charge < -0.3 is 4.90 Å². The lowest BCUT2D eigenvalue weighted by molar-refractivity contribution is 1.13. The Morgan fingerprint density at radius 1 is 1.10 bits per heavy atom. The van der Waals surface area contributed by atoms with E-state index in [1.165, 1.54) is 16.0 Å². The van der Waals surface area contributed by atoms with Crippen LogP contribution in [0.5, 0.6) is 0 Å². The largest absolute Gasteiger partial charge is 0.378 e. The predicted octanol–water partition coefficient (Wildman–Crippen LogP) is 4.42. The minimum absolute atomic E-state index is 0.798. The molecule has 1 aromatic heterocycles. The van der Waals surface area contributed by atoms with Crippen LogP contribution in [0.3, 0.4) is 0 Å². The molecule has 3 aromatic rings. The number of rotatable bonds is 3. The minimum Gasteiger partial charge on any atom is -0.378 e. The molecule has 0 N–H and O–H groups in total. The molecular formula is C17H17N3S. The highest BCUT2D eigenvalue weighted by molar-refractivity contribution is 7.22. The Labute approximate surface area is 128 Å². The molecular weight excluding hydrogens is 278 g/mol. The fourth-order valence-corrected chi connectivity index (χ4v) is 2.86. The van der Waals surface area contributed by atoms with Gasteiger partial charge in [0.05, 0.1) is 10.2 Å². The second-order valence-corrected chi connectivity index (χ2v) is 6.22. The van der Waals surface area contributed by atoms with E-state index in [1.54, 1.807) is 11.3 Å². The Balaban J connectivity index is 1.83. The summed E-state index contributed by atoms with van der Waals surface area (Å²) >= 11 is 1.62. The number of aromatic nitrogens is 1. The SMILES string of the molecule is Cc1ccc2sc(/N=C/c3ccc(N(C)C)cc3)nc2c1. The molecule has 0 bridgehead atoms. The third-order valence-electron chi connectivity index (χ3n) is 3.27. The van der Waals surface area contributed by atoms with Gasteiger partial charge in [-0.15, -0.1) is 0 Å². The van der Waals surface area contributed by atoms with E-state index in [9.17, 15) is 0 Å². The number of benzene rings is 2. The normalized spacial score (nSPS) is 11.4. The maximum absolute atomic E-state index is 4.55. The number of fused-ring (bicyclic) bond motifs is 1. The summed E-state index contributed by atoms with van der Waals surface area (Å²) in [7, 11) is 4.07. The topological polar surface area (TPSA) is 28.5 Å². The van der Waals surface area contributed by atoms with Crippen LogP contribution in [0.2, 0.25) is 0 Å². The standard InChI is InChI=1S/C17H17N3S/c1-12-4-9-16-15(10-12)19-17(21-16)18-11-13-5-7-14(8-6-13)20(2)3/h4-11H,1-3H3/b18-11+. The van der Waals surface area contributed by atoms with Crippen molar-refractivity contribution < 1.29 is 0 Å². The first-order valence-electron chi connectivity index (χ1n) is 6.80. The second kappa shape index (κ2) is 5.66. The second-order valence-electron chi connectivity index (χ2n) is 5.21. The number of hydrogen-bond donors (Lipinski definition) is 0. The van der Waals surface area contributed by atoms with Gasteiger partial charge in [0.2, 0.25) is 5.13 Å². The van der Waals surface area contributed by atoms with Crippen LogP contribution in [0.1, 0.15) is 11.1 Å².